The number of carbonyl (C=O) groups excluding carboxylic acids is 4. The average Bonchev–Trinajstić information content (AvgIpc) is 1.61. The first-order valence-corrected chi connectivity index (χ1v) is 51.1. The molecule has 3 aromatic rings. The van der Waals surface area contributed by atoms with Gasteiger partial charge >= 0.3 is 174 Å². The van der Waals surface area contributed by atoms with Crippen LogP contribution in [0.1, 0.15) is 320 Å². The Hall–Kier alpha value is -7.53. The van der Waals surface area contributed by atoms with Crippen LogP contribution in [-0.2, 0) is 44.7 Å². The molecule has 12 aliphatic heterocycles. The van der Waals surface area contributed by atoms with Crippen LogP contribution in [0, 0.1) is 44.4 Å². The van der Waals surface area contributed by atoms with Crippen molar-refractivity contribution in [2.45, 2.75) is 292 Å². The number of ether oxygens (including phenoxy) is 3. The molecule has 33 heteroatoms. The van der Waals surface area contributed by atoms with Crippen molar-refractivity contribution in [1.82, 2.24) is 30.6 Å². The number of aryl methyl sites for hydroxylation is 4. The van der Waals surface area contributed by atoms with Gasteiger partial charge in [-0.25, -0.2) is 39.7 Å². The van der Waals surface area contributed by atoms with Gasteiger partial charge in [0.1, 0.15) is 0 Å². The van der Waals surface area contributed by atoms with E-state index in [1.54, 1.807) is 13.8 Å². The number of aliphatic hydroxyl groups is 2. The molecule has 0 saturated carbocycles. The minimum atomic E-state index is -1.12. The first-order chi connectivity index (χ1) is 68.5. The smallest absolute Gasteiger partial charge is 0.629 e. The van der Waals surface area contributed by atoms with E-state index < -0.39 is 35.8 Å². The van der Waals surface area contributed by atoms with Gasteiger partial charge in [0.15, 0.2) is 0 Å². The number of nitrogens with one attached hydrogen (secondary N) is 4. The maximum absolute atomic E-state index is 13.2. The number of rotatable bonds is 34. The Morgan fingerprint density at radius 2 is 0.823 bits per heavy atom. The number of hydrogen-bond acceptors (Lipinski definition) is 27. The second-order valence-electron chi connectivity index (χ2n) is 39.0. The zero-order valence-electron chi connectivity index (χ0n) is 91.2. The number of fused-ring (bicyclic) bond motifs is 18. The molecule has 0 radical (unpaired) electrons. The van der Waals surface area contributed by atoms with Gasteiger partial charge in [-0.05, 0) is 328 Å². The van der Waals surface area contributed by atoms with Gasteiger partial charge in [0.05, 0.1) is 123 Å². The van der Waals surface area contributed by atoms with Gasteiger partial charge in [0, 0.05) is 136 Å². The topological polar surface area (TPSA) is 455 Å². The number of H-pyrrole nitrogens is 2. The number of nitrogens with two attached hydrogens (primary N) is 2. The maximum atomic E-state index is 13.2. The summed E-state index contributed by atoms with van der Waals surface area (Å²) in [5.74, 6) is 4.37. The standard InChI is InChI=1S/C38H50N6O5.2C38H48N4O5.2K.2Na/c1-8-10-11-15-47-16-14-26-21(4)28-17-30-22(5)27(12-13-34(45)48-39)36(43-30)24(7)37-35(38(46)49-40)23(6)31(44-37)19-32-25(9-2)20(3)29(41-32)18-33(26)42-28;2*1-8-10-11-15-47-16-14-26-21(4)28-17-30-22(5)27(12-13-34(43)44)36(41-30)24(7)37-35(38(45)46)23(6)31(42-37)19-32-25(9-2)20(3)29(39-32)18-33(26)40-28;;;;/h17-19,22,27,41,44H,8-16,39-40H2,1-7H3;2*17-19,22,27,41,45-46H,8-16H2,1-7H3,(H,43,44);;;;/q;;;4*+1/p-4/t3*22-,27-;;;;/m000..../s1. The van der Waals surface area contributed by atoms with E-state index >= 15 is 0 Å². The van der Waals surface area contributed by atoms with E-state index in [0.717, 1.165) is 291 Å². The summed E-state index contributed by atoms with van der Waals surface area (Å²) in [7, 11) is 0. The Bertz CT molecular complexity index is 6390. The van der Waals surface area contributed by atoms with Crippen LogP contribution in [0.3, 0.4) is 0 Å². The van der Waals surface area contributed by atoms with Crippen molar-refractivity contribution in [1.29, 1.82) is 0 Å². The number of aliphatic hydroxyl groups excluding tert-OH is 2. The van der Waals surface area contributed by atoms with Gasteiger partial charge in [0.2, 0.25) is 0 Å². The SMILES string of the molecule is CCCCCOCCC1=C(C)C2=NC1=CC1=NC(=CC3=C(C)C(=C([O-])O)C(=N3)C(C)=C3NC(=C2)[C@@H](C)[C@@H]3CCC(=O)[O-])C(CC)=C1C.CCCCCOCCC1=C(C)C2=NC1=CC1=NC(=CC3=C(C)C(=C([O-])O)C(=N3)C(C)=C3NC(=C2)[C@@H](C)[C@@H]3CCC(=O)[O-])C(CC)=C1C.CCCCCOCCC1=C(C)c2cc3nc(c(C)c4[nH]c(cc5[nH]c(cc1n2)c(C)c5CC)c(C)c4C(=O)ON)[C@@H](CCC(=O)ON)[C@@H]3C.[K+].[K+].[Na+].[Na+]. The zero-order valence-corrected chi connectivity index (χ0v) is 101. The molecule has 0 amide bonds. The molecule has 24 bridgehead atoms. The van der Waals surface area contributed by atoms with Gasteiger partial charge in [-0.3, -0.25) is 9.78 Å². The molecule has 2 saturated heterocycles. The van der Waals surface area contributed by atoms with Crippen molar-refractivity contribution in [3.8, 4) is 0 Å². The van der Waals surface area contributed by atoms with Gasteiger partial charge in [-0.15, -0.1) is 0 Å². The van der Waals surface area contributed by atoms with Crippen molar-refractivity contribution < 1.29 is 236 Å². The fraction of sp³-hybridized carbons (Fsp3) is 0.474. The largest absolute Gasteiger partial charge is 1.00 e. The molecule has 147 heavy (non-hydrogen) atoms. The van der Waals surface area contributed by atoms with Crippen molar-refractivity contribution in [2.75, 3.05) is 39.6 Å². The molecule has 15 rings (SSSR count). The number of hydrogen-bond donors (Lipinski definition) is 8. The number of aliphatic carboxylic acids is 2. The molecule has 15 heterocycles. The number of nitrogens with zero attached hydrogens (tertiary/aromatic N) is 8. The molecule has 0 aliphatic carbocycles. The fourth-order valence-electron chi connectivity index (χ4n) is 21.4. The molecule has 3 aromatic heterocycles. The number of allylic oxidation sites excluding steroid dienone is 25. The van der Waals surface area contributed by atoms with Crippen LogP contribution < -0.4 is 205 Å². The van der Waals surface area contributed by atoms with Crippen LogP contribution in [0.5, 0.6) is 0 Å². The second kappa shape index (κ2) is 55.8. The third-order valence-electron chi connectivity index (χ3n) is 30.2. The van der Waals surface area contributed by atoms with Crippen LogP contribution in [0.15, 0.2) is 231 Å². The van der Waals surface area contributed by atoms with E-state index in [1.807, 2.05) is 45.9 Å². The average molecular weight is 2070 g/mol. The summed E-state index contributed by atoms with van der Waals surface area (Å²) in [5.41, 5.74) is 36.2. The summed E-state index contributed by atoms with van der Waals surface area (Å²) in [6.07, 6.45) is 27.6. The molecule has 10 N–H and O–H groups in total. The van der Waals surface area contributed by atoms with E-state index in [-0.39, 0.29) is 228 Å². The maximum Gasteiger partial charge on any atom is 1.00 e. The first-order valence-electron chi connectivity index (χ1n) is 51.1. The molecule has 0 aromatic carbocycles. The fourth-order valence-corrected chi connectivity index (χ4v) is 21.4. The van der Waals surface area contributed by atoms with Crippen LogP contribution in [0.4, 0.5) is 0 Å². The molecular weight excluding hydrogens is 1930 g/mol. The Morgan fingerprint density at radius 3 is 1.23 bits per heavy atom. The quantitative estimate of drug-likeness (QED) is 0.0130. The summed E-state index contributed by atoms with van der Waals surface area (Å²) >= 11 is 0. The predicted molar refractivity (Wildman–Crippen MR) is 557 cm³/mol. The number of carboxylic acid groups (broad SMARTS) is 2. The Balaban J connectivity index is 0.000000242. The molecule has 29 nitrogen and oxygen atoms in total. The molecule has 6 atom stereocenters. The van der Waals surface area contributed by atoms with E-state index in [4.69, 9.17) is 70.8 Å². The Kier molecular flexibility index (Phi) is 46.7. The van der Waals surface area contributed by atoms with Crippen molar-refractivity contribution in [3.05, 3.63) is 252 Å². The minimum absolute atomic E-state index is 0. The Labute approximate surface area is 994 Å². The Morgan fingerprint density at radius 1 is 0.408 bits per heavy atom. The molecular formula is C114H142K2N14Na2O15. The summed E-state index contributed by atoms with van der Waals surface area (Å²) in [5, 5.41) is 76.2. The summed E-state index contributed by atoms with van der Waals surface area (Å²) < 4.78 is 18.1. The van der Waals surface area contributed by atoms with Crippen LogP contribution in [0.25, 0.3) is 33.2 Å². The summed E-state index contributed by atoms with van der Waals surface area (Å²) in [6, 6.07) is 6.23. The van der Waals surface area contributed by atoms with Gasteiger partial charge in [0.25, 0.3) is 0 Å². The van der Waals surface area contributed by atoms with Crippen LogP contribution >= 0.6 is 0 Å². The summed E-state index contributed by atoms with van der Waals surface area (Å²) in [4.78, 5) is 105. The number of aromatic amines is 2. The molecule has 12 aliphatic rings. The number of aromatic nitrogens is 4. The predicted octanol–water partition coefficient (Wildman–Crippen LogP) is 6.90. The zero-order chi connectivity index (χ0) is 103. The number of unbranched alkanes of at least 4 members (excludes halogenated alkanes) is 6. The molecule has 762 valence electrons. The number of carbonyl (C=O) groups is 4. The molecule has 2 fully saturated rings. The van der Waals surface area contributed by atoms with E-state index in [1.165, 1.54) is 5.56 Å². The number of aliphatic imine (C=N–C) groups is 6. The summed E-state index contributed by atoms with van der Waals surface area (Å²) in [6.45, 7) is 46.8. The third kappa shape index (κ3) is 27.6. The third-order valence-corrected chi connectivity index (χ3v) is 30.2. The van der Waals surface area contributed by atoms with Gasteiger partial charge in [-0.1, -0.05) is 101 Å². The van der Waals surface area contributed by atoms with Crippen LogP contribution in [0.2, 0.25) is 0 Å². The monoisotopic (exact) mass is 2070 g/mol. The van der Waals surface area contributed by atoms with Crippen molar-refractivity contribution >= 4 is 91.4 Å². The van der Waals surface area contributed by atoms with Crippen molar-refractivity contribution in [3.63, 3.8) is 0 Å². The second-order valence-corrected chi connectivity index (χ2v) is 39.0. The molecule has 0 unspecified atom stereocenters. The minimum Gasteiger partial charge on any atom is -0.629 e. The molecule has 0 spiro atoms. The van der Waals surface area contributed by atoms with E-state index in [2.05, 4.69) is 166 Å². The van der Waals surface area contributed by atoms with Gasteiger partial charge in [-0.2, -0.15) is 11.8 Å². The first kappa shape index (κ1) is 123. The van der Waals surface area contributed by atoms with Crippen molar-refractivity contribution in [2.24, 2.45) is 65.4 Å². The van der Waals surface area contributed by atoms with Crippen LogP contribution in [-0.4, -0.2) is 128 Å². The van der Waals surface area contributed by atoms with Gasteiger partial charge < -0.3 is 84.7 Å². The number of carboxylic acids is 2. The van der Waals surface area contributed by atoms with E-state index in [0.29, 0.717) is 101 Å². The normalized spacial score (nSPS) is 20.4. The van der Waals surface area contributed by atoms with E-state index in [9.17, 15) is 49.8 Å².